The summed E-state index contributed by atoms with van der Waals surface area (Å²) in [5.74, 6) is -2.78. The molecule has 30 heavy (non-hydrogen) atoms. The molecule has 0 spiro atoms. The standard InChI is InChI=1S/C17H14F4N4O5/c1-27-4-5-28-12-6-9(15-22-2-3-29-15)11(7-10(12)18)23-16(26)24-14-8-13(30-25-14)17(19,20)21/h2-3,6-8H,4-5H2,1H3,(H2,23,24,25,26). The highest BCUT2D eigenvalue weighted by Crippen LogP contribution is 2.34. The van der Waals surface area contributed by atoms with E-state index in [-0.39, 0.29) is 36.1 Å². The van der Waals surface area contributed by atoms with Gasteiger partial charge in [-0.25, -0.2) is 14.2 Å². The zero-order chi connectivity index (χ0) is 21.7. The number of methoxy groups -OCH3 is 1. The molecule has 0 aliphatic heterocycles. The van der Waals surface area contributed by atoms with E-state index in [4.69, 9.17) is 13.9 Å². The number of rotatable bonds is 7. The number of carbonyl (C=O) groups excluding carboxylic acids is 1. The van der Waals surface area contributed by atoms with Crippen LogP contribution in [0.1, 0.15) is 5.76 Å². The van der Waals surface area contributed by atoms with Gasteiger partial charge in [-0.1, -0.05) is 5.16 Å². The number of ether oxygens (including phenoxy) is 2. The molecule has 0 atom stereocenters. The van der Waals surface area contributed by atoms with E-state index >= 15 is 0 Å². The van der Waals surface area contributed by atoms with E-state index in [2.05, 4.69) is 25.3 Å². The Kier molecular flexibility index (Phi) is 6.20. The summed E-state index contributed by atoms with van der Waals surface area (Å²) in [7, 11) is 1.45. The molecule has 3 aromatic rings. The second-order valence-corrected chi connectivity index (χ2v) is 5.66. The van der Waals surface area contributed by atoms with E-state index in [1.54, 1.807) is 0 Å². The van der Waals surface area contributed by atoms with E-state index in [0.717, 1.165) is 6.07 Å². The number of anilines is 2. The fraction of sp³-hybridized carbons (Fsp3) is 0.235. The molecule has 0 unspecified atom stereocenters. The van der Waals surface area contributed by atoms with Gasteiger partial charge in [0.1, 0.15) is 12.9 Å². The number of hydrogen-bond acceptors (Lipinski definition) is 7. The van der Waals surface area contributed by atoms with Gasteiger partial charge in [-0.3, -0.25) is 5.32 Å². The molecule has 2 amide bonds. The molecular formula is C17H14F4N4O5. The summed E-state index contributed by atoms with van der Waals surface area (Å²) in [5, 5.41) is 7.46. The Morgan fingerprint density at radius 2 is 2.00 bits per heavy atom. The van der Waals surface area contributed by atoms with Crippen molar-refractivity contribution in [3.63, 3.8) is 0 Å². The molecule has 0 bridgehead atoms. The summed E-state index contributed by atoms with van der Waals surface area (Å²) in [6.07, 6.45) is -2.16. The van der Waals surface area contributed by atoms with Crippen LogP contribution in [0.5, 0.6) is 5.75 Å². The number of alkyl halides is 3. The maximum atomic E-state index is 14.4. The predicted octanol–water partition coefficient (Wildman–Crippen LogP) is 4.16. The number of halogens is 4. The zero-order valence-corrected chi connectivity index (χ0v) is 15.2. The van der Waals surface area contributed by atoms with Crippen LogP contribution in [0.2, 0.25) is 0 Å². The SMILES string of the molecule is COCCOc1cc(-c2ncco2)c(NC(=O)Nc2cc(C(F)(F)F)on2)cc1F. The third kappa shape index (κ3) is 5.05. The number of hydrogen-bond donors (Lipinski definition) is 2. The number of carbonyl (C=O) groups is 1. The Balaban J connectivity index is 1.81. The summed E-state index contributed by atoms with van der Waals surface area (Å²) in [5.41, 5.74) is 0.0891. The molecule has 13 heteroatoms. The number of amides is 2. The van der Waals surface area contributed by atoms with Crippen LogP contribution < -0.4 is 15.4 Å². The molecule has 2 N–H and O–H groups in total. The fourth-order valence-electron chi connectivity index (χ4n) is 2.27. The number of aromatic nitrogens is 2. The first-order valence-corrected chi connectivity index (χ1v) is 8.25. The van der Waals surface area contributed by atoms with Crippen LogP contribution in [0.15, 0.2) is 39.6 Å². The van der Waals surface area contributed by atoms with Gasteiger partial charge in [0.25, 0.3) is 0 Å². The highest BCUT2D eigenvalue weighted by molar-refractivity contribution is 6.01. The molecule has 9 nitrogen and oxygen atoms in total. The Morgan fingerprint density at radius 1 is 1.20 bits per heavy atom. The lowest BCUT2D eigenvalue weighted by molar-refractivity contribution is -0.155. The third-order valence-corrected chi connectivity index (χ3v) is 3.56. The van der Waals surface area contributed by atoms with Crippen molar-refractivity contribution < 1.29 is 40.8 Å². The van der Waals surface area contributed by atoms with Crippen LogP contribution >= 0.6 is 0 Å². The first kappa shape index (κ1) is 21.1. The van der Waals surface area contributed by atoms with Gasteiger partial charge < -0.3 is 23.7 Å². The van der Waals surface area contributed by atoms with Crippen molar-refractivity contribution in [1.82, 2.24) is 10.1 Å². The minimum Gasteiger partial charge on any atom is -0.488 e. The average molecular weight is 430 g/mol. The van der Waals surface area contributed by atoms with Gasteiger partial charge >= 0.3 is 12.2 Å². The third-order valence-electron chi connectivity index (χ3n) is 3.56. The van der Waals surface area contributed by atoms with Crippen LogP contribution in [-0.2, 0) is 10.9 Å². The Morgan fingerprint density at radius 3 is 2.63 bits per heavy atom. The smallest absolute Gasteiger partial charge is 0.452 e. The van der Waals surface area contributed by atoms with Crippen molar-refractivity contribution in [2.24, 2.45) is 0 Å². The lowest BCUT2D eigenvalue weighted by Gasteiger charge is -2.13. The normalized spacial score (nSPS) is 11.4. The highest BCUT2D eigenvalue weighted by atomic mass is 19.4. The quantitative estimate of drug-likeness (QED) is 0.428. The van der Waals surface area contributed by atoms with E-state index in [9.17, 15) is 22.4 Å². The number of urea groups is 1. The van der Waals surface area contributed by atoms with Crippen LogP contribution in [-0.4, -0.2) is 36.5 Å². The largest absolute Gasteiger partial charge is 0.488 e. The molecule has 3 rings (SSSR count). The molecule has 0 radical (unpaired) electrons. The summed E-state index contributed by atoms with van der Waals surface area (Å²) in [4.78, 5) is 16.1. The van der Waals surface area contributed by atoms with Crippen LogP contribution in [0.4, 0.5) is 33.9 Å². The van der Waals surface area contributed by atoms with Crippen molar-refractivity contribution in [2.75, 3.05) is 31.0 Å². The van der Waals surface area contributed by atoms with Gasteiger partial charge in [-0.05, 0) is 6.07 Å². The van der Waals surface area contributed by atoms with E-state index in [1.807, 2.05) is 0 Å². The Labute approximate surface area is 166 Å². The van der Waals surface area contributed by atoms with Gasteiger partial charge in [0.15, 0.2) is 17.4 Å². The monoisotopic (exact) mass is 430 g/mol. The lowest BCUT2D eigenvalue weighted by Crippen LogP contribution is -2.20. The zero-order valence-electron chi connectivity index (χ0n) is 15.2. The molecule has 0 aliphatic carbocycles. The second kappa shape index (κ2) is 8.82. The summed E-state index contributed by atoms with van der Waals surface area (Å²) >= 11 is 0. The average Bonchev–Trinajstić information content (AvgIpc) is 3.35. The second-order valence-electron chi connectivity index (χ2n) is 5.66. The summed E-state index contributed by atoms with van der Waals surface area (Å²) in [6, 6.07) is 1.70. The van der Waals surface area contributed by atoms with Crippen molar-refractivity contribution in [2.45, 2.75) is 6.18 Å². The number of nitrogens with zero attached hydrogens (tertiary/aromatic N) is 2. The van der Waals surface area contributed by atoms with Gasteiger partial charge in [0.2, 0.25) is 11.7 Å². The van der Waals surface area contributed by atoms with E-state index < -0.39 is 29.6 Å². The van der Waals surface area contributed by atoms with Gasteiger partial charge in [0.05, 0.1) is 24.1 Å². The van der Waals surface area contributed by atoms with E-state index in [1.165, 1.54) is 25.6 Å². The van der Waals surface area contributed by atoms with Crippen molar-refractivity contribution in [3.05, 3.63) is 42.2 Å². The molecule has 0 aliphatic rings. The predicted molar refractivity (Wildman–Crippen MR) is 93.4 cm³/mol. The van der Waals surface area contributed by atoms with E-state index in [0.29, 0.717) is 6.07 Å². The highest BCUT2D eigenvalue weighted by Gasteiger charge is 2.36. The molecule has 2 heterocycles. The Hall–Kier alpha value is -3.61. The maximum Gasteiger partial charge on any atom is 0.452 e. The van der Waals surface area contributed by atoms with Crippen LogP contribution in [0.25, 0.3) is 11.5 Å². The molecule has 2 aromatic heterocycles. The maximum absolute atomic E-state index is 14.4. The summed E-state index contributed by atoms with van der Waals surface area (Å²) in [6.45, 7) is 0.285. The molecule has 1 aromatic carbocycles. The van der Waals surface area contributed by atoms with Crippen LogP contribution in [0, 0.1) is 5.82 Å². The van der Waals surface area contributed by atoms with Gasteiger partial charge in [0, 0.05) is 19.2 Å². The number of oxazole rings is 1. The first-order valence-electron chi connectivity index (χ1n) is 8.25. The van der Waals surface area contributed by atoms with Crippen molar-refractivity contribution >= 4 is 17.5 Å². The van der Waals surface area contributed by atoms with Crippen molar-refractivity contribution in [3.8, 4) is 17.2 Å². The molecule has 0 saturated carbocycles. The van der Waals surface area contributed by atoms with Crippen molar-refractivity contribution in [1.29, 1.82) is 0 Å². The minimum atomic E-state index is -4.76. The van der Waals surface area contributed by atoms with Crippen LogP contribution in [0.3, 0.4) is 0 Å². The first-order chi connectivity index (χ1) is 14.3. The Bertz CT molecular complexity index is 1000. The molecular weight excluding hydrogens is 416 g/mol. The lowest BCUT2D eigenvalue weighted by atomic mass is 10.1. The number of benzene rings is 1. The number of nitrogens with one attached hydrogen (secondary N) is 2. The molecule has 0 fully saturated rings. The molecule has 0 saturated heterocycles. The topological polar surface area (TPSA) is 112 Å². The fourth-order valence-corrected chi connectivity index (χ4v) is 2.27. The minimum absolute atomic E-state index is 0.0442. The molecule has 160 valence electrons. The van der Waals surface area contributed by atoms with Gasteiger partial charge in [-0.2, -0.15) is 13.2 Å². The summed E-state index contributed by atoms with van der Waals surface area (Å²) < 4.78 is 71.4. The van der Waals surface area contributed by atoms with Gasteiger partial charge in [-0.15, -0.1) is 0 Å².